The van der Waals surface area contributed by atoms with Crippen LogP contribution in [0.2, 0.25) is 0 Å². The van der Waals surface area contributed by atoms with Gasteiger partial charge >= 0.3 is 0 Å². The van der Waals surface area contributed by atoms with Gasteiger partial charge in [-0.3, -0.25) is 9.59 Å². The molecule has 0 fully saturated rings. The molecule has 1 amide bonds. The van der Waals surface area contributed by atoms with E-state index in [1.807, 2.05) is 12.1 Å². The lowest BCUT2D eigenvalue weighted by atomic mass is 9.77. The molecule has 0 spiro atoms. The van der Waals surface area contributed by atoms with Gasteiger partial charge in [-0.2, -0.15) is 0 Å². The molecule has 1 aliphatic carbocycles. The summed E-state index contributed by atoms with van der Waals surface area (Å²) >= 11 is 1.68. The van der Waals surface area contributed by atoms with Crippen LogP contribution in [0, 0.1) is 11.3 Å². The van der Waals surface area contributed by atoms with Gasteiger partial charge in [-0.25, -0.2) is 0 Å². The summed E-state index contributed by atoms with van der Waals surface area (Å²) in [6.07, 6.45) is 2.87. The molecular formula is C20H25NO2S. The summed E-state index contributed by atoms with van der Waals surface area (Å²) in [6.45, 7) is 9.31. The molecule has 3 rings (SSSR count). The Bertz CT molecular complexity index is 849. The molecule has 0 aliphatic heterocycles. The fraction of sp³-hybridized carbons (Fsp3) is 0.500. The topological polar surface area (TPSA) is 46.2 Å². The minimum atomic E-state index is -0.0664. The zero-order valence-corrected chi connectivity index (χ0v) is 15.7. The lowest BCUT2D eigenvalue weighted by Crippen LogP contribution is -2.27. The molecule has 1 aromatic heterocycles. The van der Waals surface area contributed by atoms with Crippen LogP contribution in [-0.2, 0) is 12.8 Å². The Morgan fingerprint density at radius 2 is 2.08 bits per heavy atom. The van der Waals surface area contributed by atoms with E-state index in [1.54, 1.807) is 17.4 Å². The van der Waals surface area contributed by atoms with Crippen LogP contribution in [0.3, 0.4) is 0 Å². The number of fused-ring (bicyclic) bond motifs is 2. The fourth-order valence-electron chi connectivity index (χ4n) is 3.20. The highest BCUT2D eigenvalue weighted by molar-refractivity contribution is 7.18. The van der Waals surface area contributed by atoms with Gasteiger partial charge in [0.2, 0.25) is 0 Å². The Kier molecular flexibility index (Phi) is 4.52. The molecule has 0 radical (unpaired) electrons. The van der Waals surface area contributed by atoms with E-state index in [-0.39, 0.29) is 16.8 Å². The average molecular weight is 343 g/mol. The molecule has 0 saturated carbocycles. The summed E-state index contributed by atoms with van der Waals surface area (Å²) in [6, 6.07) is 5.46. The second-order valence-corrected chi connectivity index (χ2v) is 9.13. The maximum atomic E-state index is 12.8. The van der Waals surface area contributed by atoms with Gasteiger partial charge in [0.15, 0.2) is 5.43 Å². The largest absolute Gasteiger partial charge is 0.352 e. The summed E-state index contributed by atoms with van der Waals surface area (Å²) < 4.78 is 0.925. The average Bonchev–Trinajstić information content (AvgIpc) is 2.51. The van der Waals surface area contributed by atoms with Crippen LogP contribution in [-0.4, -0.2) is 12.5 Å². The number of carbonyl (C=O) groups is 1. The monoisotopic (exact) mass is 343 g/mol. The predicted molar refractivity (Wildman–Crippen MR) is 101 cm³/mol. The zero-order valence-electron chi connectivity index (χ0n) is 14.9. The van der Waals surface area contributed by atoms with Crippen LogP contribution >= 0.6 is 11.3 Å². The van der Waals surface area contributed by atoms with Crippen molar-refractivity contribution in [3.8, 4) is 0 Å². The van der Waals surface area contributed by atoms with Crippen molar-refractivity contribution >= 4 is 27.3 Å². The van der Waals surface area contributed by atoms with Crippen molar-refractivity contribution in [2.24, 2.45) is 11.3 Å². The second-order valence-electron chi connectivity index (χ2n) is 7.99. The Hall–Kier alpha value is -1.68. The molecule has 0 atom stereocenters. The van der Waals surface area contributed by atoms with Crippen LogP contribution in [0.15, 0.2) is 23.0 Å². The van der Waals surface area contributed by atoms with E-state index in [1.165, 1.54) is 4.88 Å². The molecule has 128 valence electrons. The molecule has 1 aliphatic rings. The molecule has 24 heavy (non-hydrogen) atoms. The molecule has 3 nitrogen and oxygen atoms in total. The lowest BCUT2D eigenvalue weighted by molar-refractivity contribution is 0.0949. The normalized spacial score (nSPS) is 16.2. The Labute approximate surface area is 147 Å². The minimum Gasteiger partial charge on any atom is -0.352 e. The molecule has 0 bridgehead atoms. The Morgan fingerprint density at radius 3 is 2.79 bits per heavy atom. The first-order valence-electron chi connectivity index (χ1n) is 8.64. The molecular weight excluding hydrogens is 318 g/mol. The molecule has 1 aromatic carbocycles. The van der Waals surface area contributed by atoms with Gasteiger partial charge in [0.1, 0.15) is 0 Å². The molecule has 4 heteroatoms. The van der Waals surface area contributed by atoms with Gasteiger partial charge in [-0.1, -0.05) is 27.7 Å². The summed E-state index contributed by atoms with van der Waals surface area (Å²) in [5, 5.41) is 3.69. The minimum absolute atomic E-state index is 0.0664. The first-order chi connectivity index (χ1) is 11.3. The molecule has 1 heterocycles. The number of carbonyl (C=O) groups excluding carboxylic acids is 1. The fourth-order valence-corrected chi connectivity index (χ4v) is 4.70. The van der Waals surface area contributed by atoms with E-state index in [0.29, 0.717) is 18.0 Å². The molecule has 1 N–H and O–H groups in total. The van der Waals surface area contributed by atoms with E-state index in [9.17, 15) is 9.59 Å². The van der Waals surface area contributed by atoms with Gasteiger partial charge in [-0.15, -0.1) is 11.3 Å². The van der Waals surface area contributed by atoms with Crippen molar-refractivity contribution in [1.29, 1.82) is 0 Å². The standard InChI is InChI=1S/C20H25NO2S/c1-12(2)11-21-19(23)13-5-6-14-16(9-13)24-17-10-20(3,4)8-7-15(17)18(14)22/h5-6,9,12H,7-8,10-11H2,1-4H3,(H,21,23). The Morgan fingerprint density at radius 1 is 1.33 bits per heavy atom. The van der Waals surface area contributed by atoms with Crippen LogP contribution in [0.25, 0.3) is 10.1 Å². The third-order valence-electron chi connectivity index (χ3n) is 4.69. The van der Waals surface area contributed by atoms with E-state index in [2.05, 4.69) is 33.0 Å². The summed E-state index contributed by atoms with van der Waals surface area (Å²) in [4.78, 5) is 26.3. The third kappa shape index (κ3) is 3.39. The number of hydrogen-bond acceptors (Lipinski definition) is 3. The highest BCUT2D eigenvalue weighted by Crippen LogP contribution is 2.37. The van der Waals surface area contributed by atoms with Crippen LogP contribution in [0.4, 0.5) is 0 Å². The van der Waals surface area contributed by atoms with E-state index in [4.69, 9.17) is 0 Å². The molecule has 2 aromatic rings. The van der Waals surface area contributed by atoms with Gasteiger partial charge < -0.3 is 5.32 Å². The zero-order chi connectivity index (χ0) is 17.5. The number of benzene rings is 1. The van der Waals surface area contributed by atoms with E-state index < -0.39 is 0 Å². The molecule has 0 saturated heterocycles. The summed E-state index contributed by atoms with van der Waals surface area (Å²) in [5.74, 6) is 0.350. The van der Waals surface area contributed by atoms with Gasteiger partial charge in [0, 0.05) is 32.6 Å². The first kappa shape index (κ1) is 17.2. The van der Waals surface area contributed by atoms with Crippen molar-refractivity contribution in [3.63, 3.8) is 0 Å². The van der Waals surface area contributed by atoms with Crippen molar-refractivity contribution < 1.29 is 4.79 Å². The van der Waals surface area contributed by atoms with Crippen molar-refractivity contribution in [2.45, 2.75) is 47.0 Å². The number of amides is 1. The van der Waals surface area contributed by atoms with Gasteiger partial charge in [0.05, 0.1) is 0 Å². The van der Waals surface area contributed by atoms with Gasteiger partial charge in [0.25, 0.3) is 5.91 Å². The predicted octanol–water partition coefficient (Wildman–Crippen LogP) is 4.16. The number of rotatable bonds is 3. The van der Waals surface area contributed by atoms with Crippen molar-refractivity contribution in [1.82, 2.24) is 5.32 Å². The highest BCUT2D eigenvalue weighted by Gasteiger charge is 2.28. The summed E-state index contributed by atoms with van der Waals surface area (Å²) in [7, 11) is 0. The van der Waals surface area contributed by atoms with Crippen LogP contribution in [0.5, 0.6) is 0 Å². The lowest BCUT2D eigenvalue weighted by Gasteiger charge is -2.30. The van der Waals surface area contributed by atoms with E-state index >= 15 is 0 Å². The van der Waals surface area contributed by atoms with E-state index in [0.717, 1.165) is 34.9 Å². The maximum absolute atomic E-state index is 12.8. The SMILES string of the molecule is CC(C)CNC(=O)c1ccc2c(=O)c3c(sc2c1)CC(C)(C)CC3. The Balaban J connectivity index is 2.01. The highest BCUT2D eigenvalue weighted by atomic mass is 32.1. The van der Waals surface area contributed by atoms with Crippen molar-refractivity contribution in [2.75, 3.05) is 6.54 Å². The summed E-state index contributed by atoms with van der Waals surface area (Å²) in [5.41, 5.74) is 2.02. The quantitative estimate of drug-likeness (QED) is 0.909. The third-order valence-corrected chi connectivity index (χ3v) is 5.89. The maximum Gasteiger partial charge on any atom is 0.251 e. The van der Waals surface area contributed by atoms with Crippen LogP contribution < -0.4 is 10.7 Å². The molecule has 0 unspecified atom stereocenters. The second kappa shape index (κ2) is 6.32. The first-order valence-corrected chi connectivity index (χ1v) is 9.45. The number of hydrogen-bond donors (Lipinski definition) is 1. The van der Waals surface area contributed by atoms with Crippen LogP contribution in [0.1, 0.15) is 54.9 Å². The number of nitrogens with one attached hydrogen (secondary N) is 1. The smallest absolute Gasteiger partial charge is 0.251 e. The van der Waals surface area contributed by atoms with Gasteiger partial charge in [-0.05, 0) is 48.8 Å². The van der Waals surface area contributed by atoms with Crippen molar-refractivity contribution in [3.05, 3.63) is 44.4 Å².